The first kappa shape index (κ1) is 12.5. The average molecular weight is 271 g/mol. The second kappa shape index (κ2) is 5.25. The van der Waals surface area contributed by atoms with Gasteiger partial charge in [0, 0.05) is 11.1 Å². The van der Waals surface area contributed by atoms with E-state index >= 15 is 0 Å². The van der Waals surface area contributed by atoms with Crippen LogP contribution < -0.4 is 0 Å². The van der Waals surface area contributed by atoms with Crippen LogP contribution in [0.3, 0.4) is 0 Å². The van der Waals surface area contributed by atoms with Gasteiger partial charge >= 0.3 is 0 Å². The molecule has 0 aliphatic heterocycles. The summed E-state index contributed by atoms with van der Waals surface area (Å²) < 4.78 is 12.7. The second-order valence-electron chi connectivity index (χ2n) is 5.05. The molecule has 0 N–H and O–H groups in total. The standard InChI is InChI=1S/C16H17NOS/c1-12-10-13-6-5-9-15(16(13)17-11-12)19(18)14-7-3-2-4-8-14/h2-4,7-8,10-11,15H,5-6,9H2,1H3/t15-,19-/m0/s1. The lowest BCUT2D eigenvalue weighted by molar-refractivity contribution is 0.618. The Bertz CT molecular complexity index is 609. The van der Waals surface area contributed by atoms with Gasteiger partial charge in [-0.25, -0.2) is 0 Å². The number of aryl methyl sites for hydroxylation is 2. The number of pyridine rings is 1. The van der Waals surface area contributed by atoms with E-state index in [4.69, 9.17) is 0 Å². The van der Waals surface area contributed by atoms with Crippen molar-refractivity contribution in [3.05, 3.63) is 59.4 Å². The second-order valence-corrected chi connectivity index (χ2v) is 6.68. The number of rotatable bonds is 2. The molecule has 2 atom stereocenters. The minimum atomic E-state index is -1.00. The van der Waals surface area contributed by atoms with E-state index in [0.29, 0.717) is 0 Å². The highest BCUT2D eigenvalue weighted by Crippen LogP contribution is 2.35. The van der Waals surface area contributed by atoms with Gasteiger partial charge in [-0.3, -0.25) is 9.19 Å². The van der Waals surface area contributed by atoms with Crippen LogP contribution in [0.25, 0.3) is 0 Å². The Balaban J connectivity index is 1.98. The highest BCUT2D eigenvalue weighted by atomic mass is 32.2. The van der Waals surface area contributed by atoms with E-state index in [1.54, 1.807) is 0 Å². The van der Waals surface area contributed by atoms with E-state index in [2.05, 4.69) is 18.0 Å². The molecule has 0 spiro atoms. The molecule has 1 aromatic heterocycles. The quantitative estimate of drug-likeness (QED) is 0.835. The van der Waals surface area contributed by atoms with Crippen molar-refractivity contribution in [2.45, 2.75) is 36.3 Å². The molecule has 0 bridgehead atoms. The van der Waals surface area contributed by atoms with Crippen molar-refractivity contribution in [2.24, 2.45) is 0 Å². The molecule has 2 nitrogen and oxygen atoms in total. The molecule has 0 radical (unpaired) electrons. The van der Waals surface area contributed by atoms with Crippen LogP contribution in [0.5, 0.6) is 0 Å². The first-order valence-electron chi connectivity index (χ1n) is 6.67. The highest BCUT2D eigenvalue weighted by molar-refractivity contribution is 7.85. The van der Waals surface area contributed by atoms with Crippen molar-refractivity contribution in [2.75, 3.05) is 0 Å². The van der Waals surface area contributed by atoms with Gasteiger partial charge in [0.05, 0.1) is 21.7 Å². The van der Waals surface area contributed by atoms with E-state index in [-0.39, 0.29) is 5.25 Å². The number of aromatic nitrogens is 1. The van der Waals surface area contributed by atoms with Gasteiger partial charge in [0.25, 0.3) is 0 Å². The normalized spacial score (nSPS) is 19.7. The predicted octanol–water partition coefficient (Wildman–Crippen LogP) is 3.58. The van der Waals surface area contributed by atoms with Crippen LogP contribution in [0.4, 0.5) is 0 Å². The molecule has 1 aliphatic carbocycles. The summed E-state index contributed by atoms with van der Waals surface area (Å²) in [4.78, 5) is 5.46. The van der Waals surface area contributed by atoms with Gasteiger partial charge in [0.1, 0.15) is 0 Å². The minimum Gasteiger partial charge on any atom is -0.259 e. The van der Waals surface area contributed by atoms with E-state index in [1.165, 1.54) is 11.1 Å². The molecular weight excluding hydrogens is 254 g/mol. The van der Waals surface area contributed by atoms with Gasteiger partial charge < -0.3 is 0 Å². The number of hydrogen-bond acceptors (Lipinski definition) is 2. The Labute approximate surface area is 116 Å². The summed E-state index contributed by atoms with van der Waals surface area (Å²) in [6, 6.07) is 11.9. The van der Waals surface area contributed by atoms with Gasteiger partial charge in [0.15, 0.2) is 0 Å². The zero-order valence-corrected chi connectivity index (χ0v) is 11.8. The third-order valence-corrected chi connectivity index (χ3v) is 5.30. The van der Waals surface area contributed by atoms with Crippen LogP contribution in [0.15, 0.2) is 47.5 Å². The molecule has 2 aromatic rings. The summed E-state index contributed by atoms with van der Waals surface area (Å²) in [5, 5.41) is 0.0479. The fourth-order valence-corrected chi connectivity index (χ4v) is 4.22. The van der Waals surface area contributed by atoms with E-state index < -0.39 is 10.8 Å². The van der Waals surface area contributed by atoms with E-state index in [0.717, 1.165) is 29.9 Å². The minimum absolute atomic E-state index is 0.0479. The zero-order valence-electron chi connectivity index (χ0n) is 11.0. The summed E-state index contributed by atoms with van der Waals surface area (Å²) in [7, 11) is -1.00. The van der Waals surface area contributed by atoms with Crippen LogP contribution in [0.1, 0.15) is 34.9 Å². The molecular formula is C16H17NOS. The summed E-state index contributed by atoms with van der Waals surface area (Å²) in [6.07, 6.45) is 5.01. The Morgan fingerprint density at radius 1 is 1.26 bits per heavy atom. The first-order chi connectivity index (χ1) is 9.25. The van der Waals surface area contributed by atoms with Gasteiger partial charge in [-0.15, -0.1) is 0 Å². The number of fused-ring (bicyclic) bond motifs is 1. The first-order valence-corrected chi connectivity index (χ1v) is 7.88. The monoisotopic (exact) mass is 271 g/mol. The maximum absolute atomic E-state index is 12.7. The predicted molar refractivity (Wildman–Crippen MR) is 77.5 cm³/mol. The summed E-state index contributed by atoms with van der Waals surface area (Å²) in [5.41, 5.74) is 3.50. The highest BCUT2D eigenvalue weighted by Gasteiger charge is 2.27. The van der Waals surface area contributed by atoms with Crippen molar-refractivity contribution in [3.8, 4) is 0 Å². The smallest absolute Gasteiger partial charge is 0.0819 e. The molecule has 0 saturated carbocycles. The van der Waals surface area contributed by atoms with Crippen LogP contribution in [-0.4, -0.2) is 9.19 Å². The van der Waals surface area contributed by atoms with Crippen molar-refractivity contribution in [1.29, 1.82) is 0 Å². The molecule has 3 heteroatoms. The van der Waals surface area contributed by atoms with Crippen LogP contribution >= 0.6 is 0 Å². The largest absolute Gasteiger partial charge is 0.259 e. The zero-order chi connectivity index (χ0) is 13.2. The van der Waals surface area contributed by atoms with Crippen LogP contribution in [-0.2, 0) is 17.2 Å². The number of hydrogen-bond donors (Lipinski definition) is 0. The maximum Gasteiger partial charge on any atom is 0.0819 e. The average Bonchev–Trinajstić information content (AvgIpc) is 2.46. The molecule has 0 amide bonds. The van der Waals surface area contributed by atoms with Gasteiger partial charge in [-0.2, -0.15) is 0 Å². The molecule has 19 heavy (non-hydrogen) atoms. The lowest BCUT2D eigenvalue weighted by atomic mass is 9.95. The number of benzene rings is 1. The SMILES string of the molecule is Cc1cnc2c(c1)CCC[C@@H]2[S@@](=O)c1ccccc1. The molecule has 0 unspecified atom stereocenters. The maximum atomic E-state index is 12.7. The van der Waals surface area contributed by atoms with Crippen molar-refractivity contribution < 1.29 is 4.21 Å². The van der Waals surface area contributed by atoms with Crippen molar-refractivity contribution in [3.63, 3.8) is 0 Å². The fraction of sp³-hybridized carbons (Fsp3) is 0.312. The summed E-state index contributed by atoms with van der Waals surface area (Å²) in [6.45, 7) is 2.06. The van der Waals surface area contributed by atoms with Crippen LogP contribution in [0, 0.1) is 6.92 Å². The van der Waals surface area contributed by atoms with Crippen molar-refractivity contribution in [1.82, 2.24) is 4.98 Å². The Kier molecular flexibility index (Phi) is 3.47. The molecule has 1 aliphatic rings. The molecule has 3 rings (SSSR count). The molecule has 98 valence electrons. The number of nitrogens with zero attached hydrogens (tertiary/aromatic N) is 1. The molecule has 0 fully saturated rings. The summed E-state index contributed by atoms with van der Waals surface area (Å²) in [5.74, 6) is 0. The Hall–Kier alpha value is -1.48. The lowest BCUT2D eigenvalue weighted by Crippen LogP contribution is -2.16. The molecule has 0 saturated heterocycles. The van der Waals surface area contributed by atoms with Gasteiger partial charge in [0.2, 0.25) is 0 Å². The lowest BCUT2D eigenvalue weighted by Gasteiger charge is -2.24. The topological polar surface area (TPSA) is 30.0 Å². The van der Waals surface area contributed by atoms with E-state index in [1.807, 2.05) is 36.5 Å². The van der Waals surface area contributed by atoms with Gasteiger partial charge in [-0.1, -0.05) is 24.3 Å². The van der Waals surface area contributed by atoms with Crippen LogP contribution in [0.2, 0.25) is 0 Å². The fourth-order valence-electron chi connectivity index (χ4n) is 2.67. The Morgan fingerprint density at radius 3 is 2.84 bits per heavy atom. The molecule has 1 heterocycles. The van der Waals surface area contributed by atoms with E-state index in [9.17, 15) is 4.21 Å². The van der Waals surface area contributed by atoms with Gasteiger partial charge in [-0.05, 0) is 49.4 Å². The Morgan fingerprint density at radius 2 is 2.05 bits per heavy atom. The third kappa shape index (κ3) is 2.47. The molecule has 1 aromatic carbocycles. The summed E-state index contributed by atoms with van der Waals surface area (Å²) >= 11 is 0. The third-order valence-electron chi connectivity index (χ3n) is 3.59. The van der Waals surface area contributed by atoms with Crippen molar-refractivity contribution >= 4 is 10.8 Å².